The van der Waals surface area contributed by atoms with Crippen molar-refractivity contribution in [3.8, 4) is 5.75 Å². The van der Waals surface area contributed by atoms with Crippen molar-refractivity contribution < 1.29 is 14.3 Å². The monoisotopic (exact) mass is 489 g/mol. The fourth-order valence-corrected chi connectivity index (χ4v) is 4.56. The summed E-state index contributed by atoms with van der Waals surface area (Å²) in [5.41, 5.74) is 8.47. The normalized spacial score (nSPS) is 21.2. The Balaban J connectivity index is 1.31. The fourth-order valence-electron chi connectivity index (χ4n) is 4.56. The van der Waals surface area contributed by atoms with Crippen LogP contribution in [0.1, 0.15) is 28.7 Å². The van der Waals surface area contributed by atoms with Gasteiger partial charge >= 0.3 is 0 Å². The highest BCUT2D eigenvalue weighted by Crippen LogP contribution is 2.29. The SMILES string of the molecule is Cc1cccc(OCC(=O)Nc2cc(C)nn2C2NC(=O)C3CNN(c4ccc(C)c(C)c4)C3N2)c1. The smallest absolute Gasteiger partial charge is 0.263 e. The molecule has 3 heterocycles. The first-order chi connectivity index (χ1) is 17.3. The Morgan fingerprint density at radius 3 is 2.72 bits per heavy atom. The maximum atomic E-state index is 13.0. The highest BCUT2D eigenvalue weighted by molar-refractivity contribution is 5.91. The molecule has 188 valence electrons. The third-order valence-corrected chi connectivity index (χ3v) is 6.58. The van der Waals surface area contributed by atoms with Crippen LogP contribution in [0.3, 0.4) is 0 Å². The zero-order valence-electron chi connectivity index (χ0n) is 20.8. The molecule has 2 aliphatic rings. The van der Waals surface area contributed by atoms with E-state index < -0.39 is 6.29 Å². The Morgan fingerprint density at radius 2 is 1.94 bits per heavy atom. The number of nitrogens with zero attached hydrogens (tertiary/aromatic N) is 3. The minimum Gasteiger partial charge on any atom is -0.484 e. The first-order valence-corrected chi connectivity index (χ1v) is 12.0. The van der Waals surface area contributed by atoms with Crippen LogP contribution in [-0.2, 0) is 9.59 Å². The lowest BCUT2D eigenvalue weighted by Crippen LogP contribution is -2.61. The molecule has 2 aromatic carbocycles. The number of benzene rings is 2. The summed E-state index contributed by atoms with van der Waals surface area (Å²) in [5, 5.41) is 15.9. The Kier molecular flexibility index (Phi) is 6.38. The summed E-state index contributed by atoms with van der Waals surface area (Å²) < 4.78 is 7.21. The lowest BCUT2D eigenvalue weighted by atomic mass is 10.0. The molecule has 36 heavy (non-hydrogen) atoms. The number of amides is 2. The third kappa shape index (κ3) is 4.77. The van der Waals surface area contributed by atoms with Crippen molar-refractivity contribution in [1.29, 1.82) is 0 Å². The molecule has 0 aliphatic carbocycles. The number of carbonyl (C=O) groups excluding carboxylic acids is 2. The summed E-state index contributed by atoms with van der Waals surface area (Å²) in [6.45, 7) is 8.31. The second-order valence-corrected chi connectivity index (χ2v) is 9.40. The standard InChI is InChI=1S/C26H31N7O3/c1-15-6-5-7-20(10-15)36-14-23(34)28-22-12-18(4)31-33(22)26-29-24-21(25(35)30-26)13-27-32(24)19-9-8-16(2)17(3)11-19/h5-12,21,24,26-27,29H,13-14H2,1-4H3,(H,28,34)(H,30,35). The number of ether oxygens (including phenoxy) is 1. The third-order valence-electron chi connectivity index (χ3n) is 6.58. The number of aromatic nitrogens is 2. The Bertz CT molecular complexity index is 1300. The molecule has 2 aliphatic heterocycles. The van der Waals surface area contributed by atoms with Gasteiger partial charge in [0.1, 0.15) is 17.7 Å². The number of anilines is 2. The molecular formula is C26H31N7O3. The molecule has 0 saturated carbocycles. The molecule has 3 atom stereocenters. The van der Waals surface area contributed by atoms with Gasteiger partial charge < -0.3 is 15.4 Å². The number of aryl methyl sites for hydroxylation is 4. The van der Waals surface area contributed by atoms with Crippen LogP contribution in [0, 0.1) is 33.6 Å². The molecule has 2 saturated heterocycles. The van der Waals surface area contributed by atoms with Crippen LogP contribution in [0.5, 0.6) is 5.75 Å². The first kappa shape index (κ1) is 23.8. The van der Waals surface area contributed by atoms with Crippen molar-refractivity contribution in [3.05, 3.63) is 70.9 Å². The van der Waals surface area contributed by atoms with Gasteiger partial charge in [-0.15, -0.1) is 0 Å². The van der Waals surface area contributed by atoms with Gasteiger partial charge in [0.25, 0.3) is 5.91 Å². The van der Waals surface area contributed by atoms with E-state index in [0.29, 0.717) is 23.8 Å². The molecule has 2 amide bonds. The molecule has 1 aromatic heterocycles. The quantitative estimate of drug-likeness (QED) is 0.420. The summed E-state index contributed by atoms with van der Waals surface area (Å²) in [5.74, 6) is 0.403. The number of hydrogen-bond acceptors (Lipinski definition) is 7. The second-order valence-electron chi connectivity index (χ2n) is 9.40. The summed E-state index contributed by atoms with van der Waals surface area (Å²) in [6.07, 6.45) is -0.932. The minimum absolute atomic E-state index is 0.0872. The van der Waals surface area contributed by atoms with Crippen LogP contribution in [0.15, 0.2) is 48.5 Å². The van der Waals surface area contributed by atoms with E-state index in [0.717, 1.165) is 11.3 Å². The molecule has 3 aromatic rings. The van der Waals surface area contributed by atoms with Gasteiger partial charge in [0.2, 0.25) is 5.91 Å². The van der Waals surface area contributed by atoms with E-state index in [1.807, 2.05) is 49.2 Å². The second kappa shape index (κ2) is 9.63. The molecule has 0 bridgehead atoms. The predicted octanol–water partition coefficient (Wildman–Crippen LogP) is 2.28. The highest BCUT2D eigenvalue weighted by Gasteiger charge is 2.45. The molecular weight excluding hydrogens is 458 g/mol. The fraction of sp³-hybridized carbons (Fsp3) is 0.346. The number of hydrazine groups is 1. The van der Waals surface area contributed by atoms with E-state index in [-0.39, 0.29) is 30.5 Å². The molecule has 0 radical (unpaired) electrons. The van der Waals surface area contributed by atoms with Crippen molar-refractivity contribution in [2.75, 3.05) is 23.5 Å². The maximum absolute atomic E-state index is 13.0. The van der Waals surface area contributed by atoms with E-state index in [9.17, 15) is 9.59 Å². The van der Waals surface area contributed by atoms with Gasteiger partial charge in [0.05, 0.1) is 17.3 Å². The van der Waals surface area contributed by atoms with Crippen molar-refractivity contribution in [3.63, 3.8) is 0 Å². The van der Waals surface area contributed by atoms with E-state index in [1.165, 1.54) is 11.1 Å². The van der Waals surface area contributed by atoms with Crippen LogP contribution in [0.25, 0.3) is 0 Å². The van der Waals surface area contributed by atoms with Gasteiger partial charge in [-0.3, -0.25) is 19.9 Å². The van der Waals surface area contributed by atoms with Crippen LogP contribution in [0.2, 0.25) is 0 Å². The van der Waals surface area contributed by atoms with E-state index in [1.54, 1.807) is 10.7 Å². The van der Waals surface area contributed by atoms with Gasteiger partial charge in [-0.2, -0.15) is 5.10 Å². The Morgan fingerprint density at radius 1 is 1.11 bits per heavy atom. The number of carbonyl (C=O) groups is 2. The average molecular weight is 490 g/mol. The Labute approximate surface area is 210 Å². The maximum Gasteiger partial charge on any atom is 0.263 e. The van der Waals surface area contributed by atoms with E-state index in [4.69, 9.17) is 4.74 Å². The summed E-state index contributed by atoms with van der Waals surface area (Å²) in [4.78, 5) is 25.7. The van der Waals surface area contributed by atoms with Crippen LogP contribution >= 0.6 is 0 Å². The van der Waals surface area contributed by atoms with Crippen LogP contribution < -0.4 is 31.1 Å². The van der Waals surface area contributed by atoms with Crippen molar-refractivity contribution in [2.45, 2.75) is 40.2 Å². The molecule has 2 fully saturated rings. The number of nitrogens with one attached hydrogen (secondary N) is 4. The summed E-state index contributed by atoms with van der Waals surface area (Å²) in [6, 6.07) is 15.5. The summed E-state index contributed by atoms with van der Waals surface area (Å²) >= 11 is 0. The van der Waals surface area contributed by atoms with Crippen LogP contribution in [-0.4, -0.2) is 40.9 Å². The molecule has 4 N–H and O–H groups in total. The average Bonchev–Trinajstić information content (AvgIpc) is 3.43. The molecule has 10 nitrogen and oxygen atoms in total. The number of fused-ring (bicyclic) bond motifs is 1. The Hall–Kier alpha value is -3.89. The van der Waals surface area contributed by atoms with Crippen molar-refractivity contribution in [2.24, 2.45) is 5.92 Å². The van der Waals surface area contributed by atoms with Crippen LogP contribution in [0.4, 0.5) is 11.5 Å². The number of hydrogen-bond donors (Lipinski definition) is 4. The minimum atomic E-state index is -0.644. The lowest BCUT2D eigenvalue weighted by Gasteiger charge is -2.37. The molecule has 5 rings (SSSR count). The van der Waals surface area contributed by atoms with E-state index in [2.05, 4.69) is 52.5 Å². The highest BCUT2D eigenvalue weighted by atomic mass is 16.5. The van der Waals surface area contributed by atoms with Gasteiger partial charge in [0, 0.05) is 12.6 Å². The lowest BCUT2D eigenvalue weighted by molar-refractivity contribution is -0.129. The molecule has 10 heteroatoms. The van der Waals surface area contributed by atoms with Gasteiger partial charge in [-0.05, 0) is 68.7 Å². The largest absolute Gasteiger partial charge is 0.484 e. The van der Waals surface area contributed by atoms with Gasteiger partial charge in [0.15, 0.2) is 12.9 Å². The first-order valence-electron chi connectivity index (χ1n) is 12.0. The van der Waals surface area contributed by atoms with Crippen molar-refractivity contribution in [1.82, 2.24) is 25.8 Å². The predicted molar refractivity (Wildman–Crippen MR) is 136 cm³/mol. The summed E-state index contributed by atoms with van der Waals surface area (Å²) in [7, 11) is 0. The molecule has 3 unspecified atom stereocenters. The van der Waals surface area contributed by atoms with Gasteiger partial charge in [-0.1, -0.05) is 18.2 Å². The van der Waals surface area contributed by atoms with Crippen molar-refractivity contribution >= 4 is 23.3 Å². The topological polar surface area (TPSA) is 113 Å². The number of rotatable bonds is 6. The van der Waals surface area contributed by atoms with Gasteiger partial charge in [-0.25, -0.2) is 10.1 Å². The zero-order valence-corrected chi connectivity index (χ0v) is 20.8. The molecule has 0 spiro atoms. The van der Waals surface area contributed by atoms with E-state index >= 15 is 0 Å². The zero-order chi connectivity index (χ0) is 25.4.